The van der Waals surface area contributed by atoms with Crippen LogP contribution in [0.1, 0.15) is 44.2 Å². The third kappa shape index (κ3) is 6.16. The summed E-state index contributed by atoms with van der Waals surface area (Å²) in [5.74, 6) is 0. The molecule has 0 amide bonds. The molecule has 12 rings (SSSR count). The minimum atomic E-state index is -1.01. The fourth-order valence-electron chi connectivity index (χ4n) is 9.27. The first-order valence-electron chi connectivity index (χ1n) is 28.9. The van der Waals surface area contributed by atoms with Gasteiger partial charge in [-0.05, 0) is 131 Å². The van der Waals surface area contributed by atoms with E-state index in [0.29, 0.717) is 10.9 Å². The van der Waals surface area contributed by atoms with Crippen LogP contribution in [-0.4, -0.2) is 0 Å². The van der Waals surface area contributed by atoms with Crippen LogP contribution >= 0.6 is 0 Å². The highest BCUT2D eigenvalue weighted by Gasteiger charge is 2.46. The number of anilines is 3. The van der Waals surface area contributed by atoms with Crippen molar-refractivity contribution in [3.63, 3.8) is 0 Å². The van der Waals surface area contributed by atoms with Gasteiger partial charge in [-0.25, -0.2) is 0 Å². The maximum absolute atomic E-state index is 10.0. The van der Waals surface area contributed by atoms with E-state index in [-0.39, 0.29) is 11.3 Å². The molecule has 0 aromatic heterocycles. The van der Waals surface area contributed by atoms with Crippen LogP contribution in [0.15, 0.2) is 260 Å². The summed E-state index contributed by atoms with van der Waals surface area (Å²) in [6.07, 6.45) is 0. The Balaban J connectivity index is 1.16. The average Bonchev–Trinajstić information content (AvgIpc) is 4.00. The number of fused-ring (bicyclic) bond motifs is 6. The van der Waals surface area contributed by atoms with Crippen molar-refractivity contribution in [2.75, 3.05) is 4.90 Å². The number of benzene rings is 11. The van der Waals surface area contributed by atoms with E-state index in [1.54, 1.807) is 6.07 Å². The predicted molar refractivity (Wildman–Crippen MR) is 270 cm³/mol. The zero-order valence-corrected chi connectivity index (χ0v) is 34.0. The van der Waals surface area contributed by atoms with E-state index in [2.05, 4.69) is 6.07 Å². The molecule has 300 valence electrons. The van der Waals surface area contributed by atoms with Crippen molar-refractivity contribution in [3.8, 4) is 44.5 Å². The normalized spacial score (nSPS) is 16.0. The van der Waals surface area contributed by atoms with Gasteiger partial charge in [0.2, 0.25) is 0 Å². The zero-order chi connectivity index (χ0) is 56.4. The average molecular weight is 830 g/mol. The van der Waals surface area contributed by atoms with Crippen molar-refractivity contribution >= 4 is 38.6 Å². The van der Waals surface area contributed by atoms with Gasteiger partial charge < -0.3 is 4.90 Å². The van der Waals surface area contributed by atoms with E-state index in [4.69, 9.17) is 8.22 Å². The summed E-state index contributed by atoms with van der Waals surface area (Å²) < 4.78 is 149. The number of rotatable bonds is 8. The summed E-state index contributed by atoms with van der Waals surface area (Å²) in [7, 11) is 0. The molecule has 11 aromatic rings. The lowest BCUT2D eigenvalue weighted by Crippen LogP contribution is -2.28. The molecule has 64 heavy (non-hydrogen) atoms. The van der Waals surface area contributed by atoms with E-state index in [0.717, 1.165) is 55.6 Å². The molecule has 0 spiro atoms. The summed E-state index contributed by atoms with van der Waals surface area (Å²) in [5.41, 5.74) is 1.52. The second-order valence-corrected chi connectivity index (χ2v) is 15.5. The highest BCUT2D eigenvalue weighted by atomic mass is 15.1. The Labute approximate surface area is 397 Å². The van der Waals surface area contributed by atoms with Crippen LogP contribution in [0.2, 0.25) is 0 Å². The van der Waals surface area contributed by atoms with Crippen molar-refractivity contribution in [3.05, 3.63) is 283 Å². The Kier molecular flexibility index (Phi) is 5.94. The van der Waals surface area contributed by atoms with Crippen molar-refractivity contribution in [2.45, 2.75) is 5.41 Å². The molecule has 0 N–H and O–H groups in total. The van der Waals surface area contributed by atoms with E-state index in [1.807, 2.05) is 146 Å². The third-order valence-electron chi connectivity index (χ3n) is 12.1. The first-order valence-corrected chi connectivity index (χ1v) is 20.9. The lowest BCUT2D eigenvalue weighted by Gasteiger charge is -2.35. The number of hydrogen-bond acceptors (Lipinski definition) is 1. The Morgan fingerprint density at radius 3 is 1.44 bits per heavy atom. The second kappa shape index (κ2) is 15.6. The molecule has 1 heteroatoms. The Bertz CT molecular complexity index is 4300. The smallest absolute Gasteiger partial charge is 0.0714 e. The molecule has 0 saturated carbocycles. The molecule has 0 unspecified atom stereocenters. The SMILES string of the molecule is [2H]c1cc([2H])c([2H])c(-c2c([2H])c([2H])c(-c3c([2H])c([2H])c(N(c4ccc5c(c4)C(c4ccccc4)(c4ccccc4)c4ccccc4-5)c4c([2H])c([2H])c(-c5cc6ccccc6c6ccccc56)c([2H])c4[2H])c([2H])c3[2H])c([2H])c2[2H])c1[2H]. The van der Waals surface area contributed by atoms with Gasteiger partial charge in [-0.15, -0.1) is 0 Å². The Hall–Kier alpha value is -8.26. The molecule has 1 nitrogen and oxygen atoms in total. The molecule has 0 radical (unpaired) electrons. The van der Waals surface area contributed by atoms with E-state index >= 15 is 0 Å². The maximum Gasteiger partial charge on any atom is 0.0714 e. The molecule has 0 atom stereocenters. The molecule has 0 heterocycles. The molecule has 1 aliphatic carbocycles. The fourth-order valence-corrected chi connectivity index (χ4v) is 9.27. The number of nitrogens with zero attached hydrogens (tertiary/aromatic N) is 1. The summed E-state index contributed by atoms with van der Waals surface area (Å²) in [6, 6.07) is 40.3. The molecule has 0 fully saturated rings. The minimum absolute atomic E-state index is 0.00704. The van der Waals surface area contributed by atoms with E-state index in [1.165, 1.54) is 4.90 Å². The fraction of sp³-hybridized carbons (Fsp3) is 0.0159. The minimum Gasteiger partial charge on any atom is -0.310 e. The maximum atomic E-state index is 10.0. The molecular formula is C63H43N. The van der Waals surface area contributed by atoms with Crippen LogP contribution in [0, 0.1) is 0 Å². The van der Waals surface area contributed by atoms with E-state index < -0.39 is 136 Å². The van der Waals surface area contributed by atoms with Crippen LogP contribution in [-0.2, 0) is 5.41 Å². The van der Waals surface area contributed by atoms with Gasteiger partial charge in [-0.1, -0.05) is 218 Å². The molecular weight excluding hydrogens is 771 g/mol. The summed E-state index contributed by atoms with van der Waals surface area (Å²) >= 11 is 0. The first kappa shape index (κ1) is 24.4. The van der Waals surface area contributed by atoms with Crippen LogP contribution in [0.25, 0.3) is 66.1 Å². The zero-order valence-electron chi connectivity index (χ0n) is 50.0. The molecule has 0 saturated heterocycles. The first-order chi connectivity index (χ1) is 38.4. The Morgan fingerprint density at radius 2 is 0.797 bits per heavy atom. The number of hydrogen-bond donors (Lipinski definition) is 0. The van der Waals surface area contributed by atoms with Gasteiger partial charge in [0.25, 0.3) is 0 Å². The van der Waals surface area contributed by atoms with Crippen LogP contribution in [0.4, 0.5) is 17.1 Å². The van der Waals surface area contributed by atoms with E-state index in [9.17, 15) is 13.7 Å². The van der Waals surface area contributed by atoms with Gasteiger partial charge in [-0.3, -0.25) is 0 Å². The van der Waals surface area contributed by atoms with Gasteiger partial charge in [0.05, 0.1) is 27.3 Å². The molecule has 0 aliphatic heterocycles. The van der Waals surface area contributed by atoms with Crippen LogP contribution in [0.3, 0.4) is 0 Å². The van der Waals surface area contributed by atoms with Crippen LogP contribution < -0.4 is 4.90 Å². The third-order valence-corrected chi connectivity index (χ3v) is 12.1. The molecule has 1 aliphatic rings. The van der Waals surface area contributed by atoms with Crippen molar-refractivity contribution in [1.82, 2.24) is 0 Å². The monoisotopic (exact) mass is 829 g/mol. The predicted octanol–water partition coefficient (Wildman–Crippen LogP) is 16.8. The summed E-state index contributed by atoms with van der Waals surface area (Å²) in [4.78, 5) is 1.22. The van der Waals surface area contributed by atoms with Crippen molar-refractivity contribution in [1.29, 1.82) is 0 Å². The van der Waals surface area contributed by atoms with Crippen molar-refractivity contribution < 1.29 is 21.9 Å². The van der Waals surface area contributed by atoms with Crippen molar-refractivity contribution in [2.24, 2.45) is 0 Å². The highest BCUT2D eigenvalue weighted by molar-refractivity contribution is 6.13. The second-order valence-electron chi connectivity index (χ2n) is 15.5. The quantitative estimate of drug-likeness (QED) is 0.138. The van der Waals surface area contributed by atoms with Gasteiger partial charge in [0.15, 0.2) is 0 Å². The van der Waals surface area contributed by atoms with Gasteiger partial charge in [-0.2, -0.15) is 0 Å². The Morgan fingerprint density at radius 1 is 0.312 bits per heavy atom. The van der Waals surface area contributed by atoms with Gasteiger partial charge in [0.1, 0.15) is 0 Å². The van der Waals surface area contributed by atoms with Crippen LogP contribution in [0.5, 0.6) is 0 Å². The summed E-state index contributed by atoms with van der Waals surface area (Å²) in [5, 5.41) is 3.23. The molecule has 11 aromatic carbocycles. The highest BCUT2D eigenvalue weighted by Crippen LogP contribution is 2.57. The lowest BCUT2D eigenvalue weighted by molar-refractivity contribution is 0.768. The topological polar surface area (TPSA) is 3.24 Å². The van der Waals surface area contributed by atoms with Gasteiger partial charge >= 0.3 is 0 Å². The standard InChI is InChI=1S/C63H43N/c1-4-16-44(17-5-1)45-28-30-46(31-29-45)47-32-36-52(37-33-47)64(53-38-34-48(35-39-53)60-42-49-18-10-11-23-55(49)56-24-12-13-25-57(56)60)54-40-41-59-58-26-14-15-27-61(58)63(62(59)43-54,50-19-6-2-7-20-50)51-21-8-3-9-22-51/h1-43H/i4D,5D,16D,17D,28D,29D,30D,31D,32D,33D,34D,35D,36D,37D,38D,39D. The lowest BCUT2D eigenvalue weighted by atomic mass is 9.67. The molecule has 0 bridgehead atoms. The largest absolute Gasteiger partial charge is 0.310 e. The summed E-state index contributed by atoms with van der Waals surface area (Å²) in [6.45, 7) is 0. The van der Waals surface area contributed by atoms with Gasteiger partial charge in [0, 0.05) is 17.1 Å².